The Kier molecular flexibility index (Phi) is 3.59. The van der Waals surface area contributed by atoms with Crippen molar-refractivity contribution in [1.82, 2.24) is 14.8 Å². The summed E-state index contributed by atoms with van der Waals surface area (Å²) in [6.07, 6.45) is 0. The Labute approximate surface area is 126 Å². The maximum absolute atomic E-state index is 13.9. The Hall–Kier alpha value is -2.02. The molecule has 0 aliphatic carbocycles. The van der Waals surface area contributed by atoms with E-state index < -0.39 is 0 Å². The minimum Gasteiger partial charge on any atom is -0.368 e. The molecule has 0 radical (unpaired) electrons. The molecule has 0 saturated carbocycles. The molecule has 1 aliphatic rings. The van der Waals surface area contributed by atoms with Crippen LogP contribution in [-0.2, 0) is 7.05 Å². The van der Waals surface area contributed by atoms with Gasteiger partial charge in [-0.2, -0.15) is 4.98 Å². The summed E-state index contributed by atoms with van der Waals surface area (Å²) >= 11 is 5.78. The lowest BCUT2D eigenvalue weighted by molar-refractivity contribution is 0.593. The van der Waals surface area contributed by atoms with Crippen molar-refractivity contribution >= 4 is 29.2 Å². The minimum atomic E-state index is -0.295. The van der Waals surface area contributed by atoms with Crippen molar-refractivity contribution in [1.29, 1.82) is 0 Å². The van der Waals surface area contributed by atoms with Crippen molar-refractivity contribution in [3.63, 3.8) is 0 Å². The molecule has 1 saturated heterocycles. The van der Waals surface area contributed by atoms with E-state index >= 15 is 0 Å². The molecule has 6 nitrogen and oxygen atoms in total. The lowest BCUT2D eigenvalue weighted by Crippen LogP contribution is -2.47. The van der Waals surface area contributed by atoms with E-state index in [9.17, 15) is 4.39 Å². The van der Waals surface area contributed by atoms with Gasteiger partial charge < -0.3 is 15.5 Å². The number of rotatable bonds is 2. The maximum Gasteiger partial charge on any atom is 0.246 e. The number of hydrogen-bond donors (Lipinski definition) is 1. The molecule has 0 unspecified atom stereocenters. The first-order valence-electron chi connectivity index (χ1n) is 6.66. The topological polar surface area (TPSA) is 63.2 Å². The second-order valence-corrected chi connectivity index (χ2v) is 5.40. The highest BCUT2D eigenvalue weighted by molar-refractivity contribution is 6.30. The third-order valence-electron chi connectivity index (χ3n) is 3.60. The fourth-order valence-corrected chi connectivity index (χ4v) is 2.56. The summed E-state index contributed by atoms with van der Waals surface area (Å²) in [4.78, 5) is 8.24. The second kappa shape index (κ2) is 5.40. The molecule has 2 N–H and O–H groups in total. The Morgan fingerprint density at radius 2 is 1.86 bits per heavy atom. The van der Waals surface area contributed by atoms with Gasteiger partial charge in [0.1, 0.15) is 5.82 Å². The van der Waals surface area contributed by atoms with Crippen molar-refractivity contribution in [2.24, 2.45) is 7.05 Å². The number of aryl methyl sites for hydroxylation is 1. The van der Waals surface area contributed by atoms with Crippen molar-refractivity contribution in [3.05, 3.63) is 29.0 Å². The summed E-state index contributed by atoms with van der Waals surface area (Å²) in [7, 11) is 1.76. The van der Waals surface area contributed by atoms with Crippen LogP contribution in [0.1, 0.15) is 0 Å². The smallest absolute Gasteiger partial charge is 0.246 e. The van der Waals surface area contributed by atoms with Crippen LogP contribution in [0.15, 0.2) is 18.2 Å². The maximum atomic E-state index is 13.9. The van der Waals surface area contributed by atoms with Gasteiger partial charge in [-0.05, 0) is 18.2 Å². The third kappa shape index (κ3) is 2.73. The first kappa shape index (κ1) is 13.9. The van der Waals surface area contributed by atoms with Crippen LogP contribution in [0.5, 0.6) is 0 Å². The van der Waals surface area contributed by atoms with Gasteiger partial charge in [0.15, 0.2) is 0 Å². The average Bonchev–Trinajstić information content (AvgIpc) is 2.79. The fourth-order valence-electron chi connectivity index (χ4n) is 2.40. The second-order valence-electron chi connectivity index (χ2n) is 4.96. The van der Waals surface area contributed by atoms with Gasteiger partial charge in [-0.15, -0.1) is 5.10 Å². The van der Waals surface area contributed by atoms with Crippen LogP contribution >= 0.6 is 11.6 Å². The van der Waals surface area contributed by atoms with Gasteiger partial charge in [0.05, 0.1) is 5.69 Å². The van der Waals surface area contributed by atoms with E-state index in [4.69, 9.17) is 17.3 Å². The molecule has 1 aliphatic heterocycles. The molecule has 1 aromatic carbocycles. The van der Waals surface area contributed by atoms with Crippen LogP contribution in [-0.4, -0.2) is 40.9 Å². The molecule has 112 valence electrons. The monoisotopic (exact) mass is 310 g/mol. The molecule has 0 bridgehead atoms. The Balaban J connectivity index is 1.70. The number of piperazine rings is 1. The largest absolute Gasteiger partial charge is 0.368 e. The molecule has 0 spiro atoms. The average molecular weight is 311 g/mol. The zero-order valence-electron chi connectivity index (χ0n) is 11.6. The van der Waals surface area contributed by atoms with Crippen LogP contribution in [0.4, 0.5) is 22.0 Å². The van der Waals surface area contributed by atoms with Gasteiger partial charge in [-0.3, -0.25) is 0 Å². The van der Waals surface area contributed by atoms with E-state index in [-0.39, 0.29) is 5.82 Å². The summed E-state index contributed by atoms with van der Waals surface area (Å²) in [5.74, 6) is 0.707. The van der Waals surface area contributed by atoms with Crippen molar-refractivity contribution < 1.29 is 4.39 Å². The lowest BCUT2D eigenvalue weighted by atomic mass is 10.2. The summed E-state index contributed by atoms with van der Waals surface area (Å²) in [6.45, 7) is 2.81. The van der Waals surface area contributed by atoms with Crippen LogP contribution < -0.4 is 15.5 Å². The molecule has 2 heterocycles. The van der Waals surface area contributed by atoms with Gasteiger partial charge in [0.2, 0.25) is 11.9 Å². The predicted octanol–water partition coefficient (Wildman–Crippen LogP) is 1.52. The zero-order valence-corrected chi connectivity index (χ0v) is 12.4. The molecule has 1 fully saturated rings. The van der Waals surface area contributed by atoms with Gasteiger partial charge in [0, 0.05) is 38.2 Å². The normalized spacial score (nSPS) is 15.6. The van der Waals surface area contributed by atoms with Crippen molar-refractivity contribution in [2.75, 3.05) is 41.7 Å². The highest BCUT2D eigenvalue weighted by Crippen LogP contribution is 2.24. The van der Waals surface area contributed by atoms with Gasteiger partial charge in [-0.25, -0.2) is 9.07 Å². The highest BCUT2D eigenvalue weighted by Gasteiger charge is 2.22. The van der Waals surface area contributed by atoms with E-state index in [2.05, 4.69) is 10.1 Å². The molecule has 3 rings (SSSR count). The molecule has 2 aromatic rings. The zero-order chi connectivity index (χ0) is 15.0. The van der Waals surface area contributed by atoms with E-state index in [1.54, 1.807) is 23.9 Å². The number of nitrogens with two attached hydrogens (primary N) is 1. The highest BCUT2D eigenvalue weighted by atomic mass is 35.5. The number of benzene rings is 1. The molecule has 21 heavy (non-hydrogen) atoms. The van der Waals surface area contributed by atoms with Crippen LogP contribution in [0.2, 0.25) is 5.02 Å². The van der Waals surface area contributed by atoms with Gasteiger partial charge >= 0.3 is 0 Å². The molecular weight excluding hydrogens is 295 g/mol. The minimum absolute atomic E-state index is 0.295. The fraction of sp³-hybridized carbons (Fsp3) is 0.385. The molecule has 0 atom stereocenters. The number of nitrogen functional groups attached to an aromatic ring is 1. The number of aromatic nitrogens is 3. The van der Waals surface area contributed by atoms with Crippen LogP contribution in [0.25, 0.3) is 0 Å². The molecule has 0 amide bonds. The molecule has 1 aromatic heterocycles. The molecule has 8 heteroatoms. The summed E-state index contributed by atoms with van der Waals surface area (Å²) < 4.78 is 15.5. The predicted molar refractivity (Wildman–Crippen MR) is 81.3 cm³/mol. The van der Waals surface area contributed by atoms with Crippen LogP contribution in [0.3, 0.4) is 0 Å². The van der Waals surface area contributed by atoms with Gasteiger partial charge in [0.25, 0.3) is 0 Å². The first-order valence-corrected chi connectivity index (χ1v) is 7.04. The Bertz CT molecular complexity index is 631. The van der Waals surface area contributed by atoms with E-state index in [1.807, 2.05) is 9.80 Å². The lowest BCUT2D eigenvalue weighted by Gasteiger charge is -2.35. The standard InChI is InChI=1S/C13H16ClFN6/c1-19-12(16)17-13(18-19)21-6-4-20(5-7-21)11-3-2-9(14)8-10(11)15/h2-3,8H,4-7H2,1H3,(H2,16,17,18). The van der Waals surface area contributed by atoms with Gasteiger partial charge in [-0.1, -0.05) is 11.6 Å². The molecular formula is C13H16ClFN6. The summed E-state index contributed by atoms with van der Waals surface area (Å²) in [6, 6.07) is 4.75. The van der Waals surface area contributed by atoms with Crippen molar-refractivity contribution in [2.45, 2.75) is 0 Å². The van der Waals surface area contributed by atoms with E-state index in [0.29, 0.717) is 48.8 Å². The van der Waals surface area contributed by atoms with E-state index in [0.717, 1.165) is 0 Å². The Morgan fingerprint density at radius 3 is 2.43 bits per heavy atom. The van der Waals surface area contributed by atoms with Crippen molar-refractivity contribution in [3.8, 4) is 0 Å². The van der Waals surface area contributed by atoms with Crippen LogP contribution in [0, 0.1) is 5.82 Å². The number of nitrogens with zero attached hydrogens (tertiary/aromatic N) is 5. The summed E-state index contributed by atoms with van der Waals surface area (Å²) in [5.41, 5.74) is 6.27. The SMILES string of the molecule is Cn1nc(N2CCN(c3ccc(Cl)cc3F)CC2)nc1N. The summed E-state index contributed by atoms with van der Waals surface area (Å²) in [5, 5.41) is 4.66. The van der Waals surface area contributed by atoms with E-state index in [1.165, 1.54) is 6.07 Å². The quantitative estimate of drug-likeness (QED) is 0.911. The Morgan fingerprint density at radius 1 is 1.19 bits per heavy atom. The number of halogens is 2. The number of hydrogen-bond acceptors (Lipinski definition) is 5. The number of anilines is 3. The third-order valence-corrected chi connectivity index (χ3v) is 3.83. The first-order chi connectivity index (χ1) is 10.0.